The van der Waals surface area contributed by atoms with Crippen LogP contribution in [-0.4, -0.2) is 10.9 Å². The normalized spacial score (nSPS) is 16.1. The molecule has 4 nitrogen and oxygen atoms in total. The number of carbonyl (C=O) groups excluding carboxylic acids is 1. The molecule has 0 aliphatic heterocycles. The van der Waals surface area contributed by atoms with Crippen molar-refractivity contribution < 1.29 is 4.79 Å². The Kier molecular flexibility index (Phi) is 4.48. The minimum Gasteiger partial charge on any atom is -0.344 e. The molecule has 0 saturated carbocycles. The van der Waals surface area contributed by atoms with Crippen LogP contribution in [0.5, 0.6) is 0 Å². The molecule has 5 heteroatoms. The first kappa shape index (κ1) is 15.8. The maximum atomic E-state index is 12.6. The molecular weight excluding hydrogens is 330 g/mol. The van der Waals surface area contributed by atoms with Crippen LogP contribution in [0.3, 0.4) is 0 Å². The van der Waals surface area contributed by atoms with Gasteiger partial charge in [-0.05, 0) is 42.5 Å². The molecule has 25 heavy (non-hydrogen) atoms. The molecule has 1 unspecified atom stereocenters. The number of nitrogens with zero attached hydrogens (tertiary/aromatic N) is 1. The fourth-order valence-electron chi connectivity index (χ4n) is 3.22. The van der Waals surface area contributed by atoms with Gasteiger partial charge in [-0.25, -0.2) is 4.98 Å². The highest BCUT2D eigenvalue weighted by Crippen LogP contribution is 2.30. The van der Waals surface area contributed by atoms with Crippen LogP contribution < -0.4 is 10.6 Å². The van der Waals surface area contributed by atoms with Gasteiger partial charge in [0.05, 0.1) is 6.04 Å². The maximum Gasteiger partial charge on any atom is 0.271 e. The number of para-hydroxylation sites is 1. The highest BCUT2D eigenvalue weighted by atomic mass is 32.1. The van der Waals surface area contributed by atoms with E-state index in [-0.39, 0.29) is 11.9 Å². The lowest BCUT2D eigenvalue weighted by molar-refractivity contribution is 0.0928. The Morgan fingerprint density at radius 2 is 1.88 bits per heavy atom. The number of hydrogen-bond donors (Lipinski definition) is 2. The molecule has 2 N–H and O–H groups in total. The summed E-state index contributed by atoms with van der Waals surface area (Å²) in [5.74, 6) is -0.112. The van der Waals surface area contributed by atoms with Crippen molar-refractivity contribution in [3.05, 3.63) is 76.8 Å². The van der Waals surface area contributed by atoms with E-state index in [9.17, 15) is 4.79 Å². The standard InChI is InChI=1S/C20H19N3OS/c24-19(22-17-12-6-8-14-7-4-5-11-16(14)17)18-13-25-20(23-18)21-15-9-2-1-3-10-15/h1-5,7,9-11,13,17H,6,8,12H2,(H,21,23)(H,22,24). The number of carbonyl (C=O) groups is 1. The summed E-state index contributed by atoms with van der Waals surface area (Å²) in [5, 5.41) is 8.90. The minimum atomic E-state index is -0.112. The van der Waals surface area contributed by atoms with E-state index in [0.717, 1.165) is 30.1 Å². The number of fused-ring (bicyclic) bond motifs is 1. The minimum absolute atomic E-state index is 0.0738. The molecule has 3 aromatic rings. The lowest BCUT2D eigenvalue weighted by atomic mass is 9.88. The summed E-state index contributed by atoms with van der Waals surface area (Å²) in [4.78, 5) is 17.0. The average molecular weight is 349 g/mol. The first-order chi connectivity index (χ1) is 12.3. The van der Waals surface area contributed by atoms with Gasteiger partial charge in [-0.1, -0.05) is 42.5 Å². The number of thiazole rings is 1. The number of benzene rings is 2. The number of rotatable bonds is 4. The molecular formula is C20H19N3OS. The van der Waals surface area contributed by atoms with Crippen molar-refractivity contribution in [2.24, 2.45) is 0 Å². The average Bonchev–Trinajstić information content (AvgIpc) is 3.11. The zero-order valence-electron chi connectivity index (χ0n) is 13.7. The van der Waals surface area contributed by atoms with Gasteiger partial charge in [-0.2, -0.15) is 0 Å². The van der Waals surface area contributed by atoms with Gasteiger partial charge in [0.1, 0.15) is 5.69 Å². The lowest BCUT2D eigenvalue weighted by Gasteiger charge is -2.26. The Bertz CT molecular complexity index is 875. The van der Waals surface area contributed by atoms with Crippen LogP contribution in [0.25, 0.3) is 0 Å². The number of anilines is 2. The number of nitrogens with one attached hydrogen (secondary N) is 2. The molecule has 4 rings (SSSR count). The van der Waals surface area contributed by atoms with Crippen molar-refractivity contribution in [1.82, 2.24) is 10.3 Å². The van der Waals surface area contributed by atoms with Crippen LogP contribution in [0.15, 0.2) is 60.0 Å². The molecule has 0 radical (unpaired) electrons. The van der Waals surface area contributed by atoms with Crippen molar-refractivity contribution in [1.29, 1.82) is 0 Å². The van der Waals surface area contributed by atoms with E-state index >= 15 is 0 Å². The van der Waals surface area contributed by atoms with Crippen LogP contribution in [0, 0.1) is 0 Å². The Hall–Kier alpha value is -2.66. The molecule has 126 valence electrons. The topological polar surface area (TPSA) is 54.0 Å². The summed E-state index contributed by atoms with van der Waals surface area (Å²) < 4.78 is 0. The van der Waals surface area contributed by atoms with Crippen LogP contribution in [0.4, 0.5) is 10.8 Å². The van der Waals surface area contributed by atoms with E-state index in [1.165, 1.54) is 22.5 Å². The number of aromatic nitrogens is 1. The summed E-state index contributed by atoms with van der Waals surface area (Å²) >= 11 is 1.44. The maximum absolute atomic E-state index is 12.6. The molecule has 1 amide bonds. The van der Waals surface area contributed by atoms with Gasteiger partial charge in [-0.15, -0.1) is 11.3 Å². The van der Waals surface area contributed by atoms with Crippen LogP contribution in [-0.2, 0) is 6.42 Å². The predicted octanol–water partition coefficient (Wildman–Crippen LogP) is 4.69. The molecule has 0 spiro atoms. The third kappa shape index (κ3) is 3.56. The van der Waals surface area contributed by atoms with E-state index in [1.54, 1.807) is 5.38 Å². The van der Waals surface area contributed by atoms with Gasteiger partial charge < -0.3 is 10.6 Å². The van der Waals surface area contributed by atoms with Crippen molar-refractivity contribution in [2.75, 3.05) is 5.32 Å². The largest absolute Gasteiger partial charge is 0.344 e. The Labute approximate surface area is 150 Å². The second-order valence-corrected chi connectivity index (χ2v) is 7.00. The molecule has 2 aromatic carbocycles. The second kappa shape index (κ2) is 7.07. The molecule has 1 atom stereocenters. The van der Waals surface area contributed by atoms with Crippen molar-refractivity contribution in [3.63, 3.8) is 0 Å². The molecule has 0 fully saturated rings. The Morgan fingerprint density at radius 1 is 1.08 bits per heavy atom. The Morgan fingerprint density at radius 3 is 2.76 bits per heavy atom. The first-order valence-corrected chi connectivity index (χ1v) is 9.34. The summed E-state index contributed by atoms with van der Waals surface area (Å²) in [6.07, 6.45) is 3.16. The van der Waals surface area contributed by atoms with Crippen LogP contribution >= 0.6 is 11.3 Å². The van der Waals surface area contributed by atoms with Crippen molar-refractivity contribution >= 4 is 28.1 Å². The number of aryl methyl sites for hydroxylation is 1. The first-order valence-electron chi connectivity index (χ1n) is 8.46. The second-order valence-electron chi connectivity index (χ2n) is 6.15. The zero-order chi connectivity index (χ0) is 17.1. The molecule has 1 aliphatic rings. The summed E-state index contributed by atoms with van der Waals surface area (Å²) in [6.45, 7) is 0. The quantitative estimate of drug-likeness (QED) is 0.718. The predicted molar refractivity (Wildman–Crippen MR) is 101 cm³/mol. The smallest absolute Gasteiger partial charge is 0.271 e. The zero-order valence-corrected chi connectivity index (χ0v) is 14.6. The lowest BCUT2D eigenvalue weighted by Crippen LogP contribution is -2.31. The molecule has 1 heterocycles. The highest BCUT2D eigenvalue weighted by molar-refractivity contribution is 7.14. The van der Waals surface area contributed by atoms with Gasteiger partial charge in [0.2, 0.25) is 0 Å². The van der Waals surface area contributed by atoms with E-state index in [0.29, 0.717) is 5.69 Å². The third-order valence-electron chi connectivity index (χ3n) is 4.44. The highest BCUT2D eigenvalue weighted by Gasteiger charge is 2.22. The summed E-state index contributed by atoms with van der Waals surface area (Å²) in [7, 11) is 0. The molecule has 1 aromatic heterocycles. The van der Waals surface area contributed by atoms with Gasteiger partial charge in [0, 0.05) is 11.1 Å². The fourth-order valence-corrected chi connectivity index (χ4v) is 3.93. The number of amides is 1. The van der Waals surface area contributed by atoms with Gasteiger partial charge >= 0.3 is 0 Å². The van der Waals surface area contributed by atoms with Gasteiger partial charge in [-0.3, -0.25) is 4.79 Å². The SMILES string of the molecule is O=C(NC1CCCc2ccccc21)c1csc(Nc2ccccc2)n1. The van der Waals surface area contributed by atoms with E-state index < -0.39 is 0 Å². The molecule has 0 saturated heterocycles. The van der Waals surface area contributed by atoms with E-state index in [2.05, 4.69) is 33.8 Å². The molecule has 0 bridgehead atoms. The fraction of sp³-hybridized carbons (Fsp3) is 0.200. The van der Waals surface area contributed by atoms with Crippen molar-refractivity contribution in [3.8, 4) is 0 Å². The van der Waals surface area contributed by atoms with Crippen LogP contribution in [0.2, 0.25) is 0 Å². The van der Waals surface area contributed by atoms with E-state index in [1.807, 2.05) is 36.4 Å². The van der Waals surface area contributed by atoms with E-state index in [4.69, 9.17) is 0 Å². The monoisotopic (exact) mass is 349 g/mol. The van der Waals surface area contributed by atoms with Crippen LogP contribution in [0.1, 0.15) is 40.5 Å². The third-order valence-corrected chi connectivity index (χ3v) is 5.19. The molecule has 1 aliphatic carbocycles. The van der Waals surface area contributed by atoms with Gasteiger partial charge in [0.25, 0.3) is 5.91 Å². The summed E-state index contributed by atoms with van der Waals surface area (Å²) in [5.41, 5.74) is 4.00. The van der Waals surface area contributed by atoms with Gasteiger partial charge in [0.15, 0.2) is 5.13 Å². The number of hydrogen-bond acceptors (Lipinski definition) is 4. The Balaban J connectivity index is 1.46. The summed E-state index contributed by atoms with van der Waals surface area (Å²) in [6, 6.07) is 18.3. The van der Waals surface area contributed by atoms with Crippen molar-refractivity contribution in [2.45, 2.75) is 25.3 Å².